The molecule has 0 saturated carbocycles. The van der Waals surface area contributed by atoms with Crippen LogP contribution in [0.2, 0.25) is 0 Å². The van der Waals surface area contributed by atoms with Gasteiger partial charge in [0.15, 0.2) is 11.8 Å². The monoisotopic (exact) mass is 158 g/mol. The molecule has 1 aliphatic rings. The molecule has 1 radical (unpaired) electrons. The molecule has 10 heavy (non-hydrogen) atoms. The number of nitrogens with zero attached hydrogens (tertiary/aromatic N) is 1. The van der Waals surface area contributed by atoms with Crippen LogP contribution in [0.3, 0.4) is 0 Å². The van der Waals surface area contributed by atoms with E-state index in [1.54, 1.807) is 0 Å². The minimum absolute atomic E-state index is 0.0446. The summed E-state index contributed by atoms with van der Waals surface area (Å²) in [5.41, 5.74) is 0. The quantitative estimate of drug-likeness (QED) is 0.524. The summed E-state index contributed by atoms with van der Waals surface area (Å²) in [7, 11) is 0. The van der Waals surface area contributed by atoms with Crippen molar-refractivity contribution >= 4 is 22.7 Å². The van der Waals surface area contributed by atoms with Gasteiger partial charge in [0.25, 0.3) is 0 Å². The minimum Gasteiger partial charge on any atom is -0.296 e. The lowest BCUT2D eigenvalue weighted by atomic mass is 10.2. The zero-order chi connectivity index (χ0) is 7.56. The number of carbonyl (C=O) groups is 2. The van der Waals surface area contributed by atoms with Crippen LogP contribution in [-0.2, 0) is 9.59 Å². The van der Waals surface area contributed by atoms with E-state index in [1.165, 1.54) is 0 Å². The average molecular weight is 158 g/mol. The Morgan fingerprint density at radius 1 is 1.70 bits per heavy atom. The molecule has 55 valence electrons. The van der Waals surface area contributed by atoms with Crippen LogP contribution < -0.4 is 5.32 Å². The van der Waals surface area contributed by atoms with Crippen LogP contribution in [-0.4, -0.2) is 29.2 Å². The highest BCUT2D eigenvalue weighted by Crippen LogP contribution is 2.16. The lowest BCUT2D eigenvalue weighted by Gasteiger charge is -2.01. The molecule has 1 saturated heterocycles. The second-order valence-electron chi connectivity index (χ2n) is 1.98. The molecule has 1 heterocycles. The van der Waals surface area contributed by atoms with Gasteiger partial charge in [-0.25, -0.2) is 5.32 Å². The van der Waals surface area contributed by atoms with Crippen LogP contribution in [0.4, 0.5) is 0 Å². The Morgan fingerprint density at radius 3 is 2.80 bits per heavy atom. The number of rotatable bonds is 2. The predicted molar refractivity (Wildman–Crippen MR) is 38.9 cm³/mol. The highest BCUT2D eigenvalue weighted by molar-refractivity contribution is 8.15. The Hall–Kier alpha value is -0.350. The van der Waals surface area contributed by atoms with Crippen LogP contribution in [0.25, 0.3) is 0 Å². The van der Waals surface area contributed by atoms with E-state index in [9.17, 15) is 9.59 Å². The fraction of sp³-hybridized carbons (Fsp3) is 0.667. The van der Waals surface area contributed by atoms with Gasteiger partial charge in [0, 0.05) is 6.54 Å². The second-order valence-corrected chi connectivity index (χ2v) is 2.96. The molecule has 1 unspecified atom stereocenters. The highest BCUT2D eigenvalue weighted by Gasteiger charge is 2.33. The van der Waals surface area contributed by atoms with Crippen LogP contribution in [0.5, 0.6) is 0 Å². The molecule has 0 N–H and O–H groups in total. The topological polar surface area (TPSA) is 48.2 Å². The largest absolute Gasteiger partial charge is 0.296 e. The summed E-state index contributed by atoms with van der Waals surface area (Å²) in [6.45, 7) is 2.37. The maximum absolute atomic E-state index is 10.8. The van der Waals surface area contributed by atoms with Gasteiger partial charge in [0.05, 0.1) is 5.75 Å². The van der Waals surface area contributed by atoms with Crippen LogP contribution >= 0.6 is 11.8 Å². The molecule has 1 atom stereocenters. The lowest BCUT2D eigenvalue weighted by molar-refractivity contribution is -0.123. The summed E-state index contributed by atoms with van der Waals surface area (Å²) >= 11 is 1.07. The summed E-state index contributed by atoms with van der Waals surface area (Å²) < 4.78 is 0. The van der Waals surface area contributed by atoms with Crippen molar-refractivity contribution in [2.24, 2.45) is 0 Å². The van der Waals surface area contributed by atoms with Gasteiger partial charge in [-0.3, -0.25) is 9.59 Å². The van der Waals surface area contributed by atoms with E-state index < -0.39 is 6.04 Å². The van der Waals surface area contributed by atoms with Crippen molar-refractivity contribution in [1.82, 2.24) is 5.32 Å². The highest BCUT2D eigenvalue weighted by atomic mass is 32.2. The second kappa shape index (κ2) is 3.16. The molecule has 0 aliphatic carbocycles. The van der Waals surface area contributed by atoms with Crippen molar-refractivity contribution in [2.75, 3.05) is 12.3 Å². The summed E-state index contributed by atoms with van der Waals surface area (Å²) in [6, 6.07) is -0.644. The number of likely N-dealkylation sites (N-methyl/N-ethyl adjacent to an activating group) is 1. The molecular weight excluding hydrogens is 150 g/mol. The van der Waals surface area contributed by atoms with E-state index in [4.69, 9.17) is 0 Å². The van der Waals surface area contributed by atoms with E-state index in [-0.39, 0.29) is 10.9 Å². The third-order valence-electron chi connectivity index (χ3n) is 1.25. The van der Waals surface area contributed by atoms with E-state index >= 15 is 0 Å². The first-order valence-corrected chi connectivity index (χ1v) is 4.10. The molecule has 0 amide bonds. The Balaban J connectivity index is 2.54. The minimum atomic E-state index is -0.644. The van der Waals surface area contributed by atoms with Gasteiger partial charge < -0.3 is 0 Å². The summed E-state index contributed by atoms with van der Waals surface area (Å²) in [4.78, 5) is 21.7. The van der Waals surface area contributed by atoms with Gasteiger partial charge in [0.2, 0.25) is 5.12 Å². The smallest absolute Gasteiger partial charge is 0.215 e. The van der Waals surface area contributed by atoms with Crippen molar-refractivity contribution in [3.8, 4) is 0 Å². The first-order chi connectivity index (χ1) is 4.75. The zero-order valence-corrected chi connectivity index (χ0v) is 6.48. The van der Waals surface area contributed by atoms with Gasteiger partial charge in [-0.1, -0.05) is 18.7 Å². The molecule has 0 aromatic rings. The van der Waals surface area contributed by atoms with Crippen molar-refractivity contribution in [3.63, 3.8) is 0 Å². The maximum atomic E-state index is 10.8. The van der Waals surface area contributed by atoms with Gasteiger partial charge in [0.1, 0.15) is 0 Å². The number of thioether (sulfide) groups is 1. The summed E-state index contributed by atoms with van der Waals surface area (Å²) in [6.07, 6.45) is 0. The molecule has 1 rings (SSSR count). The molecule has 4 heteroatoms. The molecule has 1 aliphatic heterocycles. The molecular formula is C6H8NO2S. The SMILES string of the molecule is CC[N]C1C(=O)CSC1=O. The van der Waals surface area contributed by atoms with E-state index in [1.807, 2.05) is 6.92 Å². The third-order valence-corrected chi connectivity index (χ3v) is 2.19. The molecule has 3 nitrogen and oxygen atoms in total. The van der Waals surface area contributed by atoms with E-state index in [0.717, 1.165) is 11.8 Å². The fourth-order valence-electron chi connectivity index (χ4n) is 0.791. The molecule has 0 spiro atoms. The number of carbonyl (C=O) groups excluding carboxylic acids is 2. The van der Waals surface area contributed by atoms with Gasteiger partial charge >= 0.3 is 0 Å². The molecule has 0 aromatic heterocycles. The fourth-order valence-corrected chi connectivity index (χ4v) is 1.60. The summed E-state index contributed by atoms with van der Waals surface area (Å²) in [5.74, 6) is 0.268. The Bertz CT molecular complexity index is 153. The van der Waals surface area contributed by atoms with Crippen molar-refractivity contribution < 1.29 is 9.59 Å². The Morgan fingerprint density at radius 2 is 2.40 bits per heavy atom. The van der Waals surface area contributed by atoms with E-state index in [0.29, 0.717) is 12.3 Å². The van der Waals surface area contributed by atoms with Gasteiger partial charge in [-0.2, -0.15) is 0 Å². The standard InChI is InChI=1S/C6H8NO2S/c1-2-7-5-4(8)3-10-6(5)9/h5H,2-3H2,1H3. The van der Waals surface area contributed by atoms with E-state index in [2.05, 4.69) is 5.32 Å². The van der Waals surface area contributed by atoms with Crippen molar-refractivity contribution in [1.29, 1.82) is 0 Å². The zero-order valence-electron chi connectivity index (χ0n) is 5.66. The normalized spacial score (nSPS) is 25.9. The molecule has 0 bridgehead atoms. The van der Waals surface area contributed by atoms with Crippen LogP contribution in [0, 0.1) is 0 Å². The van der Waals surface area contributed by atoms with Crippen LogP contribution in [0.15, 0.2) is 0 Å². The number of hydrogen-bond acceptors (Lipinski definition) is 3. The third kappa shape index (κ3) is 1.38. The van der Waals surface area contributed by atoms with Crippen molar-refractivity contribution in [2.45, 2.75) is 13.0 Å². The lowest BCUT2D eigenvalue weighted by Crippen LogP contribution is -2.32. The predicted octanol–water partition coefficient (Wildman–Crippen LogP) is -0.178. The molecule has 0 aromatic carbocycles. The number of hydrogen-bond donors (Lipinski definition) is 0. The number of ketones is 1. The maximum Gasteiger partial charge on any atom is 0.215 e. The number of Topliss-reactive ketones (excluding diaryl/α,β-unsaturated/α-hetero) is 1. The van der Waals surface area contributed by atoms with Gasteiger partial charge in [-0.15, -0.1) is 0 Å². The Labute approximate surface area is 63.6 Å². The molecule has 1 fully saturated rings. The summed E-state index contributed by atoms with van der Waals surface area (Å²) in [5, 5.41) is 3.77. The Kier molecular flexibility index (Phi) is 2.45. The van der Waals surface area contributed by atoms with Crippen LogP contribution in [0.1, 0.15) is 6.92 Å². The average Bonchev–Trinajstić information content (AvgIpc) is 2.20. The first-order valence-electron chi connectivity index (χ1n) is 3.11. The van der Waals surface area contributed by atoms with Crippen molar-refractivity contribution in [3.05, 3.63) is 0 Å². The first kappa shape index (κ1) is 7.75. The van der Waals surface area contributed by atoms with Gasteiger partial charge in [-0.05, 0) is 0 Å².